The molecule has 0 spiro atoms. The van der Waals surface area contributed by atoms with Crippen LogP contribution in [0.3, 0.4) is 0 Å². The Labute approximate surface area is 156 Å². The highest BCUT2D eigenvalue weighted by molar-refractivity contribution is 5.65. The van der Waals surface area contributed by atoms with Crippen molar-refractivity contribution in [2.75, 3.05) is 30.3 Å². The number of carbonyl (C=O) groups is 1. The molecule has 2 heterocycles. The smallest absolute Gasteiger partial charge is 0.407 e. The molecule has 1 saturated heterocycles. The zero-order chi connectivity index (χ0) is 19.2. The van der Waals surface area contributed by atoms with Gasteiger partial charge in [-0.05, 0) is 25.1 Å². The van der Waals surface area contributed by atoms with Gasteiger partial charge in [-0.15, -0.1) is 0 Å². The average molecular weight is 375 g/mol. The molecule has 1 amide bonds. The number of ether oxygens (including phenoxy) is 1. The number of benzene rings is 1. The fourth-order valence-corrected chi connectivity index (χ4v) is 2.88. The van der Waals surface area contributed by atoms with E-state index < -0.39 is 11.9 Å². The minimum absolute atomic E-state index is 0.112. The number of carboxylic acid groups (broad SMARTS) is 1. The summed E-state index contributed by atoms with van der Waals surface area (Å²) in [6, 6.07) is 6.43. The Balaban J connectivity index is 1.62. The van der Waals surface area contributed by atoms with E-state index in [1.165, 1.54) is 17.3 Å². The Morgan fingerprint density at radius 1 is 1.33 bits per heavy atom. The Bertz CT molecular complexity index is 796. The van der Waals surface area contributed by atoms with Crippen LogP contribution in [0, 0.1) is 5.82 Å². The van der Waals surface area contributed by atoms with Crippen LogP contribution in [-0.4, -0.2) is 51.8 Å². The van der Waals surface area contributed by atoms with Gasteiger partial charge in [0.05, 0.1) is 5.69 Å². The molecule has 3 rings (SSSR count). The fraction of sp³-hybridized carbons (Fsp3) is 0.389. The molecule has 0 atom stereocenters. The molecule has 0 saturated carbocycles. The van der Waals surface area contributed by atoms with Gasteiger partial charge in [-0.3, -0.25) is 0 Å². The summed E-state index contributed by atoms with van der Waals surface area (Å²) in [5, 5.41) is 15.0. The molecular weight excluding hydrogens is 353 g/mol. The van der Waals surface area contributed by atoms with Crippen LogP contribution in [0.4, 0.5) is 26.4 Å². The molecule has 1 aromatic carbocycles. The van der Waals surface area contributed by atoms with Crippen molar-refractivity contribution < 1.29 is 19.0 Å². The summed E-state index contributed by atoms with van der Waals surface area (Å²) in [6.07, 6.45) is 1.51. The van der Waals surface area contributed by atoms with Gasteiger partial charge < -0.3 is 25.4 Å². The molecular formula is C18H22FN5O3. The first-order chi connectivity index (χ1) is 13.0. The topological polar surface area (TPSA) is 99.6 Å². The largest absolute Gasteiger partial charge is 0.474 e. The van der Waals surface area contributed by atoms with Crippen molar-refractivity contribution in [2.24, 2.45) is 0 Å². The van der Waals surface area contributed by atoms with Gasteiger partial charge >= 0.3 is 6.09 Å². The summed E-state index contributed by atoms with van der Waals surface area (Å²) in [5.74, 6) is 0.389. The van der Waals surface area contributed by atoms with Gasteiger partial charge in [0.25, 0.3) is 0 Å². The number of nitrogens with zero attached hydrogens (tertiary/aromatic N) is 3. The molecule has 27 heavy (non-hydrogen) atoms. The zero-order valence-electron chi connectivity index (χ0n) is 15.0. The zero-order valence-corrected chi connectivity index (χ0v) is 15.0. The average Bonchev–Trinajstić information content (AvgIpc) is 2.65. The van der Waals surface area contributed by atoms with E-state index in [1.807, 2.05) is 6.92 Å². The van der Waals surface area contributed by atoms with Crippen LogP contribution in [0.5, 0.6) is 5.88 Å². The molecule has 3 N–H and O–H groups in total. The molecule has 1 aliphatic rings. The van der Waals surface area contributed by atoms with Crippen LogP contribution < -0.4 is 15.4 Å². The maximum absolute atomic E-state index is 14.2. The number of likely N-dealkylation sites (tertiary alicyclic amines) is 1. The van der Waals surface area contributed by atoms with E-state index in [4.69, 9.17) is 9.84 Å². The van der Waals surface area contributed by atoms with E-state index in [0.717, 1.165) is 0 Å². The molecule has 0 aliphatic carbocycles. The summed E-state index contributed by atoms with van der Waals surface area (Å²) in [6.45, 7) is 3.52. The van der Waals surface area contributed by atoms with Crippen molar-refractivity contribution in [3.05, 3.63) is 36.4 Å². The highest BCUT2D eigenvalue weighted by Gasteiger charge is 2.23. The van der Waals surface area contributed by atoms with E-state index in [9.17, 15) is 9.18 Å². The number of rotatable bonds is 6. The van der Waals surface area contributed by atoms with Crippen molar-refractivity contribution >= 4 is 23.3 Å². The van der Waals surface area contributed by atoms with Crippen LogP contribution in [0.15, 0.2) is 30.6 Å². The van der Waals surface area contributed by atoms with Crippen LogP contribution in [0.2, 0.25) is 0 Å². The van der Waals surface area contributed by atoms with Crippen LogP contribution in [0.25, 0.3) is 0 Å². The van der Waals surface area contributed by atoms with Gasteiger partial charge in [0.1, 0.15) is 24.1 Å². The number of nitrogens with one attached hydrogen (secondary N) is 2. The van der Waals surface area contributed by atoms with E-state index in [-0.39, 0.29) is 6.10 Å². The summed E-state index contributed by atoms with van der Waals surface area (Å²) in [5.41, 5.74) is 1.01. The van der Waals surface area contributed by atoms with Crippen molar-refractivity contribution in [1.29, 1.82) is 0 Å². The Morgan fingerprint density at radius 3 is 2.78 bits per heavy atom. The van der Waals surface area contributed by atoms with Crippen molar-refractivity contribution in [3.63, 3.8) is 0 Å². The first-order valence-electron chi connectivity index (χ1n) is 8.82. The maximum Gasteiger partial charge on any atom is 0.407 e. The molecule has 144 valence electrons. The third kappa shape index (κ3) is 4.96. The lowest BCUT2D eigenvalue weighted by molar-refractivity contribution is 0.0870. The molecule has 9 heteroatoms. The monoisotopic (exact) mass is 375 g/mol. The molecule has 0 radical (unpaired) electrons. The third-order valence-corrected chi connectivity index (χ3v) is 4.25. The second-order valence-electron chi connectivity index (χ2n) is 6.18. The molecule has 2 aromatic rings. The van der Waals surface area contributed by atoms with Gasteiger partial charge in [0.2, 0.25) is 5.88 Å². The number of aromatic nitrogens is 2. The predicted molar refractivity (Wildman–Crippen MR) is 99.1 cm³/mol. The van der Waals surface area contributed by atoms with Crippen LogP contribution in [-0.2, 0) is 0 Å². The summed E-state index contributed by atoms with van der Waals surface area (Å²) in [7, 11) is 0. The Kier molecular flexibility index (Phi) is 5.90. The minimum Gasteiger partial charge on any atom is -0.474 e. The quantitative estimate of drug-likeness (QED) is 0.712. The lowest BCUT2D eigenvalue weighted by Crippen LogP contribution is -2.41. The number of hydrogen-bond donors (Lipinski definition) is 3. The Morgan fingerprint density at radius 2 is 2.11 bits per heavy atom. The SMILES string of the molecule is CCNc1ccc(Nc2cc(OC3CCN(C(=O)O)CC3)ncn2)c(F)c1. The van der Waals surface area contributed by atoms with E-state index >= 15 is 0 Å². The molecule has 1 fully saturated rings. The molecule has 8 nitrogen and oxygen atoms in total. The molecule has 1 aromatic heterocycles. The lowest BCUT2D eigenvalue weighted by atomic mass is 10.1. The number of amides is 1. The van der Waals surface area contributed by atoms with Gasteiger partial charge in [-0.1, -0.05) is 0 Å². The standard InChI is InChI=1S/C18H22FN5O3/c1-2-20-12-3-4-15(14(19)9-12)23-16-10-17(22-11-21-16)27-13-5-7-24(8-6-13)18(25)26/h3-4,9-11,13,20H,2,5-8H2,1H3,(H,25,26)(H,21,22,23). The molecule has 0 unspecified atom stereocenters. The fourth-order valence-electron chi connectivity index (χ4n) is 2.88. The van der Waals surface area contributed by atoms with Gasteiger partial charge in [0, 0.05) is 44.2 Å². The summed E-state index contributed by atoms with van der Waals surface area (Å²) >= 11 is 0. The minimum atomic E-state index is -0.913. The van der Waals surface area contributed by atoms with E-state index in [1.54, 1.807) is 18.2 Å². The van der Waals surface area contributed by atoms with Gasteiger partial charge in [0.15, 0.2) is 0 Å². The normalized spacial score (nSPS) is 14.7. The summed E-state index contributed by atoms with van der Waals surface area (Å²) < 4.78 is 20.0. The molecule has 0 bridgehead atoms. The van der Waals surface area contributed by atoms with E-state index in [0.29, 0.717) is 55.5 Å². The number of halogens is 1. The first kappa shape index (κ1) is 18.7. The second-order valence-corrected chi connectivity index (χ2v) is 6.18. The lowest BCUT2D eigenvalue weighted by Gasteiger charge is -2.29. The first-order valence-corrected chi connectivity index (χ1v) is 8.82. The third-order valence-electron chi connectivity index (χ3n) is 4.25. The second kappa shape index (κ2) is 8.52. The van der Waals surface area contributed by atoms with Crippen LogP contribution in [0.1, 0.15) is 19.8 Å². The molecule has 1 aliphatic heterocycles. The Hall–Kier alpha value is -3.10. The van der Waals surface area contributed by atoms with Crippen molar-refractivity contribution in [3.8, 4) is 5.88 Å². The number of hydrogen-bond acceptors (Lipinski definition) is 6. The number of anilines is 3. The number of piperidine rings is 1. The van der Waals surface area contributed by atoms with Crippen molar-refractivity contribution in [1.82, 2.24) is 14.9 Å². The van der Waals surface area contributed by atoms with Crippen molar-refractivity contribution in [2.45, 2.75) is 25.9 Å². The van der Waals surface area contributed by atoms with Gasteiger partial charge in [-0.25, -0.2) is 19.2 Å². The predicted octanol–water partition coefficient (Wildman–Crippen LogP) is 3.31. The summed E-state index contributed by atoms with van der Waals surface area (Å²) in [4.78, 5) is 20.5. The van der Waals surface area contributed by atoms with Gasteiger partial charge in [-0.2, -0.15) is 0 Å². The van der Waals surface area contributed by atoms with E-state index in [2.05, 4.69) is 20.6 Å². The highest BCUT2D eigenvalue weighted by Crippen LogP contribution is 2.24. The maximum atomic E-state index is 14.2. The highest BCUT2D eigenvalue weighted by atomic mass is 19.1. The van der Waals surface area contributed by atoms with Crippen LogP contribution >= 0.6 is 0 Å².